The molecule has 1 fully saturated rings. The van der Waals surface area contributed by atoms with Gasteiger partial charge in [0.15, 0.2) is 5.82 Å². The third kappa shape index (κ3) is 3.18. The molecule has 19 heavy (non-hydrogen) atoms. The summed E-state index contributed by atoms with van der Waals surface area (Å²) in [6, 6.07) is 0.408. The molecule has 1 aliphatic carbocycles. The average Bonchev–Trinajstić information content (AvgIpc) is 2.64. The number of aromatic nitrogens is 1. The lowest BCUT2D eigenvalue weighted by Crippen LogP contribution is -2.27. The summed E-state index contributed by atoms with van der Waals surface area (Å²) in [5.41, 5.74) is 6.28. The molecular formula is C13H22N4OS. The second-order valence-electron chi connectivity index (χ2n) is 5.22. The van der Waals surface area contributed by atoms with Crippen LogP contribution in [0.5, 0.6) is 0 Å². The topological polar surface area (TPSA) is 80.0 Å². The van der Waals surface area contributed by atoms with Gasteiger partial charge in [0, 0.05) is 13.1 Å². The van der Waals surface area contributed by atoms with E-state index in [1.807, 2.05) is 0 Å². The average molecular weight is 282 g/mol. The molecule has 1 amide bonds. The summed E-state index contributed by atoms with van der Waals surface area (Å²) in [5.74, 6) is 0.756. The molecule has 0 aliphatic heterocycles. The largest absolute Gasteiger partial charge is 0.382 e. The first-order valence-corrected chi connectivity index (χ1v) is 7.64. The van der Waals surface area contributed by atoms with Crippen LogP contribution in [0.25, 0.3) is 0 Å². The number of nitrogen functional groups attached to an aromatic ring is 1. The Morgan fingerprint density at radius 2 is 2.11 bits per heavy atom. The Labute approximate surface area is 118 Å². The molecule has 0 spiro atoms. The number of nitrogens with two attached hydrogens (primary N) is 1. The van der Waals surface area contributed by atoms with Gasteiger partial charge in [-0.25, -0.2) is 0 Å². The molecule has 4 N–H and O–H groups in total. The molecule has 1 aromatic rings. The number of nitrogens with one attached hydrogen (secondary N) is 2. The predicted molar refractivity (Wildman–Crippen MR) is 79.6 cm³/mol. The summed E-state index contributed by atoms with van der Waals surface area (Å²) < 4.78 is 4.10. The molecule has 0 radical (unpaired) electrons. The van der Waals surface area contributed by atoms with E-state index in [4.69, 9.17) is 5.73 Å². The molecule has 1 heterocycles. The molecule has 2 unspecified atom stereocenters. The van der Waals surface area contributed by atoms with Gasteiger partial charge in [0.1, 0.15) is 10.6 Å². The third-order valence-electron chi connectivity index (χ3n) is 3.85. The van der Waals surface area contributed by atoms with Crippen molar-refractivity contribution in [3.05, 3.63) is 5.56 Å². The number of amides is 1. The maximum atomic E-state index is 11.8. The molecule has 2 atom stereocenters. The van der Waals surface area contributed by atoms with E-state index < -0.39 is 0 Å². The van der Waals surface area contributed by atoms with E-state index in [1.165, 1.54) is 37.2 Å². The fourth-order valence-electron chi connectivity index (χ4n) is 2.62. The minimum absolute atomic E-state index is 0.171. The van der Waals surface area contributed by atoms with Crippen molar-refractivity contribution in [2.45, 2.75) is 45.1 Å². The highest BCUT2D eigenvalue weighted by Crippen LogP contribution is 2.31. The monoisotopic (exact) mass is 282 g/mol. The predicted octanol–water partition coefficient (Wildman–Crippen LogP) is 2.47. The van der Waals surface area contributed by atoms with Crippen LogP contribution in [0.3, 0.4) is 0 Å². The van der Waals surface area contributed by atoms with Crippen molar-refractivity contribution in [3.63, 3.8) is 0 Å². The van der Waals surface area contributed by atoms with Crippen LogP contribution in [-0.2, 0) is 0 Å². The first-order valence-electron chi connectivity index (χ1n) is 6.87. The van der Waals surface area contributed by atoms with Gasteiger partial charge in [0.05, 0.1) is 0 Å². The lowest BCUT2D eigenvalue weighted by Gasteiger charge is -2.23. The van der Waals surface area contributed by atoms with Crippen molar-refractivity contribution >= 4 is 28.3 Å². The molecule has 2 rings (SSSR count). The van der Waals surface area contributed by atoms with Gasteiger partial charge in [-0.15, -0.1) is 0 Å². The van der Waals surface area contributed by atoms with E-state index >= 15 is 0 Å². The smallest absolute Gasteiger partial charge is 0.257 e. The second-order valence-corrected chi connectivity index (χ2v) is 5.99. The Morgan fingerprint density at radius 3 is 2.84 bits per heavy atom. The number of anilines is 2. The highest BCUT2D eigenvalue weighted by molar-refractivity contribution is 7.11. The molecule has 0 bridgehead atoms. The Morgan fingerprint density at radius 1 is 1.37 bits per heavy atom. The van der Waals surface area contributed by atoms with Crippen LogP contribution in [0.4, 0.5) is 10.8 Å². The molecule has 0 aromatic carbocycles. The summed E-state index contributed by atoms with van der Waals surface area (Å²) >= 11 is 1.28. The zero-order chi connectivity index (χ0) is 13.8. The van der Waals surface area contributed by atoms with Crippen LogP contribution in [0, 0.1) is 5.92 Å². The fraction of sp³-hybridized carbons (Fsp3) is 0.692. The minimum Gasteiger partial charge on any atom is -0.382 e. The Bertz CT molecular complexity index is 446. The molecule has 1 aromatic heterocycles. The highest BCUT2D eigenvalue weighted by atomic mass is 32.1. The van der Waals surface area contributed by atoms with Crippen molar-refractivity contribution in [2.75, 3.05) is 18.1 Å². The van der Waals surface area contributed by atoms with Gasteiger partial charge in [-0.2, -0.15) is 4.37 Å². The first-order chi connectivity index (χ1) is 9.13. The van der Waals surface area contributed by atoms with Gasteiger partial charge in [0.25, 0.3) is 5.91 Å². The molecule has 106 valence electrons. The van der Waals surface area contributed by atoms with Crippen LogP contribution in [0.1, 0.15) is 49.4 Å². The van der Waals surface area contributed by atoms with Crippen molar-refractivity contribution in [1.82, 2.24) is 9.69 Å². The van der Waals surface area contributed by atoms with E-state index in [0.29, 0.717) is 23.3 Å². The quantitative estimate of drug-likeness (QED) is 0.744. The number of carbonyl (C=O) groups excluding carboxylic acids is 1. The van der Waals surface area contributed by atoms with Crippen LogP contribution in [-0.4, -0.2) is 23.4 Å². The van der Waals surface area contributed by atoms with Gasteiger partial charge in [0.2, 0.25) is 0 Å². The Balaban J connectivity index is 2.16. The summed E-state index contributed by atoms with van der Waals surface area (Å²) in [7, 11) is 1.61. The van der Waals surface area contributed by atoms with Gasteiger partial charge >= 0.3 is 0 Å². The van der Waals surface area contributed by atoms with Crippen molar-refractivity contribution in [3.8, 4) is 0 Å². The van der Waals surface area contributed by atoms with E-state index in [1.54, 1.807) is 7.05 Å². The van der Waals surface area contributed by atoms with Crippen LogP contribution < -0.4 is 16.4 Å². The number of hydrogen-bond acceptors (Lipinski definition) is 5. The van der Waals surface area contributed by atoms with Gasteiger partial charge in [-0.3, -0.25) is 4.79 Å². The van der Waals surface area contributed by atoms with Gasteiger partial charge < -0.3 is 16.4 Å². The SMILES string of the molecule is CNC(=O)c1c(N)nsc1NC1CCCCCC1C. The van der Waals surface area contributed by atoms with E-state index in [9.17, 15) is 4.79 Å². The zero-order valence-electron chi connectivity index (χ0n) is 11.5. The van der Waals surface area contributed by atoms with Gasteiger partial charge in [-0.05, 0) is 30.3 Å². The molecule has 5 nitrogen and oxygen atoms in total. The normalized spacial score (nSPS) is 23.7. The molecule has 1 saturated carbocycles. The number of nitrogens with zero attached hydrogens (tertiary/aromatic N) is 1. The minimum atomic E-state index is -0.171. The first kappa shape index (κ1) is 14.1. The van der Waals surface area contributed by atoms with Gasteiger partial charge in [-0.1, -0.05) is 26.2 Å². The number of rotatable bonds is 3. The van der Waals surface area contributed by atoms with E-state index in [0.717, 1.165) is 11.4 Å². The second kappa shape index (κ2) is 6.23. The highest BCUT2D eigenvalue weighted by Gasteiger charge is 2.24. The Kier molecular flexibility index (Phi) is 4.63. The lowest BCUT2D eigenvalue weighted by atomic mass is 9.97. The summed E-state index contributed by atoms with van der Waals surface area (Å²) in [5, 5.41) is 6.91. The number of carbonyl (C=O) groups is 1. The Hall–Kier alpha value is -1.30. The standard InChI is InChI=1S/C13H22N4OS/c1-8-6-4-3-5-7-9(8)16-13-10(12(18)15-2)11(14)17-19-13/h8-9,16H,3-7H2,1-2H3,(H2,14,17)(H,15,18). The van der Waals surface area contributed by atoms with E-state index in [-0.39, 0.29) is 5.91 Å². The summed E-state index contributed by atoms with van der Waals surface area (Å²) in [6.07, 6.45) is 6.22. The van der Waals surface area contributed by atoms with Crippen molar-refractivity contribution in [1.29, 1.82) is 0 Å². The molecule has 0 saturated heterocycles. The fourth-order valence-corrected chi connectivity index (χ4v) is 3.39. The van der Waals surface area contributed by atoms with Crippen LogP contribution in [0.2, 0.25) is 0 Å². The van der Waals surface area contributed by atoms with Crippen molar-refractivity contribution in [2.24, 2.45) is 5.92 Å². The maximum Gasteiger partial charge on any atom is 0.257 e. The molecule has 1 aliphatic rings. The summed E-state index contributed by atoms with van der Waals surface area (Å²) in [4.78, 5) is 11.8. The summed E-state index contributed by atoms with van der Waals surface area (Å²) in [6.45, 7) is 2.27. The molecule has 6 heteroatoms. The van der Waals surface area contributed by atoms with Crippen LogP contribution >= 0.6 is 11.5 Å². The zero-order valence-corrected chi connectivity index (χ0v) is 12.3. The molecular weight excluding hydrogens is 260 g/mol. The van der Waals surface area contributed by atoms with Crippen molar-refractivity contribution < 1.29 is 4.79 Å². The van der Waals surface area contributed by atoms with Crippen LogP contribution in [0.15, 0.2) is 0 Å². The maximum absolute atomic E-state index is 11.8. The van der Waals surface area contributed by atoms with E-state index in [2.05, 4.69) is 21.9 Å². The number of hydrogen-bond donors (Lipinski definition) is 3. The third-order valence-corrected chi connectivity index (χ3v) is 4.64. The lowest BCUT2D eigenvalue weighted by molar-refractivity contribution is 0.0965.